The van der Waals surface area contributed by atoms with Crippen molar-refractivity contribution in [2.75, 3.05) is 18.0 Å². The Morgan fingerprint density at radius 2 is 1.74 bits per heavy atom. The summed E-state index contributed by atoms with van der Waals surface area (Å²) < 4.78 is 31.7. The summed E-state index contributed by atoms with van der Waals surface area (Å²) in [5.74, 6) is -0.976. The lowest BCUT2D eigenvalue weighted by molar-refractivity contribution is -0.135. The highest BCUT2D eigenvalue weighted by Crippen LogP contribution is 2.32. The van der Waals surface area contributed by atoms with Crippen LogP contribution in [0.2, 0.25) is 0 Å². The summed E-state index contributed by atoms with van der Waals surface area (Å²) in [4.78, 5) is 11.2. The zero-order chi connectivity index (χ0) is 17.0. The summed E-state index contributed by atoms with van der Waals surface area (Å²) in [5.41, 5.74) is 1.09. The van der Waals surface area contributed by atoms with E-state index in [4.69, 9.17) is 9.84 Å². The quantitative estimate of drug-likeness (QED) is 0.875. The van der Waals surface area contributed by atoms with Gasteiger partial charge in [0.05, 0.1) is 17.7 Å². The van der Waals surface area contributed by atoms with Crippen LogP contribution in [0.3, 0.4) is 0 Å². The molecule has 0 fully saturated rings. The van der Waals surface area contributed by atoms with E-state index < -0.39 is 22.5 Å². The third kappa shape index (κ3) is 3.62. The molecule has 7 heteroatoms. The van der Waals surface area contributed by atoms with Crippen LogP contribution in [-0.2, 0) is 14.8 Å². The molecule has 0 saturated carbocycles. The topological polar surface area (TPSA) is 83.9 Å². The zero-order valence-electron chi connectivity index (χ0n) is 12.8. The minimum absolute atomic E-state index is 0.0234. The van der Waals surface area contributed by atoms with Gasteiger partial charge in [-0.2, -0.15) is 0 Å². The van der Waals surface area contributed by atoms with Gasteiger partial charge in [0.15, 0.2) is 0 Å². The summed E-state index contributed by atoms with van der Waals surface area (Å²) in [6.45, 7) is 1.14. The lowest BCUT2D eigenvalue weighted by Gasteiger charge is -2.24. The van der Waals surface area contributed by atoms with Crippen molar-refractivity contribution in [1.29, 1.82) is 0 Å². The van der Waals surface area contributed by atoms with Crippen molar-refractivity contribution in [2.24, 2.45) is 0 Å². The van der Waals surface area contributed by atoms with Gasteiger partial charge in [0.2, 0.25) is 0 Å². The first kappa shape index (κ1) is 16.8. The number of aliphatic carboxylic acids is 1. The van der Waals surface area contributed by atoms with Crippen LogP contribution in [0, 0.1) is 6.92 Å². The molecule has 0 aliphatic carbocycles. The van der Waals surface area contributed by atoms with E-state index in [2.05, 4.69) is 0 Å². The Labute approximate surface area is 135 Å². The normalized spacial score (nSPS) is 11.0. The molecule has 122 valence electrons. The maximum Gasteiger partial charge on any atom is 0.324 e. The highest BCUT2D eigenvalue weighted by molar-refractivity contribution is 7.92. The molecule has 1 N–H and O–H groups in total. The number of carboxylic acid groups (broad SMARTS) is 1. The number of carboxylic acids is 1. The maximum atomic E-state index is 12.9. The summed E-state index contributed by atoms with van der Waals surface area (Å²) >= 11 is 0. The fourth-order valence-corrected chi connectivity index (χ4v) is 3.52. The molecule has 6 nitrogen and oxygen atoms in total. The Kier molecular flexibility index (Phi) is 4.90. The molecule has 23 heavy (non-hydrogen) atoms. The Morgan fingerprint density at radius 1 is 1.13 bits per heavy atom. The molecular weight excluding hydrogens is 318 g/mol. The van der Waals surface area contributed by atoms with Gasteiger partial charge in [0, 0.05) is 0 Å². The molecule has 0 amide bonds. The number of hydrogen-bond acceptors (Lipinski definition) is 4. The number of hydrogen-bond donors (Lipinski definition) is 1. The molecule has 2 aromatic carbocycles. The SMILES string of the molecule is COc1ccccc1N(CC(=O)O)S(=O)(=O)c1ccc(C)cc1. The van der Waals surface area contributed by atoms with Gasteiger partial charge in [-0.1, -0.05) is 29.8 Å². The third-order valence-corrected chi connectivity index (χ3v) is 5.02. The van der Waals surface area contributed by atoms with Gasteiger partial charge < -0.3 is 9.84 Å². The molecule has 0 heterocycles. The van der Waals surface area contributed by atoms with Crippen LogP contribution in [-0.4, -0.2) is 33.1 Å². The zero-order valence-corrected chi connectivity index (χ0v) is 13.6. The minimum atomic E-state index is -4.03. The first-order valence-corrected chi connectivity index (χ1v) is 8.24. The van der Waals surface area contributed by atoms with Crippen molar-refractivity contribution in [1.82, 2.24) is 0 Å². The third-order valence-electron chi connectivity index (χ3n) is 3.24. The smallest absolute Gasteiger partial charge is 0.324 e. The maximum absolute atomic E-state index is 12.9. The van der Waals surface area contributed by atoms with Crippen LogP contribution in [0.5, 0.6) is 5.75 Å². The molecule has 0 radical (unpaired) electrons. The highest BCUT2D eigenvalue weighted by Gasteiger charge is 2.29. The number of carbonyl (C=O) groups is 1. The highest BCUT2D eigenvalue weighted by atomic mass is 32.2. The average molecular weight is 335 g/mol. The Balaban J connectivity index is 2.58. The number of anilines is 1. The molecule has 0 atom stereocenters. The largest absolute Gasteiger partial charge is 0.495 e. The summed E-state index contributed by atoms with van der Waals surface area (Å²) in [6.07, 6.45) is 0. The molecule has 0 spiro atoms. The number of sulfonamides is 1. The number of methoxy groups -OCH3 is 1. The second-order valence-corrected chi connectivity index (χ2v) is 6.75. The van der Waals surface area contributed by atoms with E-state index in [0.29, 0.717) is 0 Å². The monoisotopic (exact) mass is 335 g/mol. The summed E-state index contributed by atoms with van der Waals surface area (Å²) in [5, 5.41) is 9.12. The van der Waals surface area contributed by atoms with E-state index in [1.807, 2.05) is 6.92 Å². The molecule has 0 unspecified atom stereocenters. The van der Waals surface area contributed by atoms with Gasteiger partial charge in [-0.3, -0.25) is 9.10 Å². The fraction of sp³-hybridized carbons (Fsp3) is 0.188. The second kappa shape index (κ2) is 6.70. The van der Waals surface area contributed by atoms with Gasteiger partial charge in [0.25, 0.3) is 10.0 Å². The van der Waals surface area contributed by atoms with E-state index >= 15 is 0 Å². The standard InChI is InChI=1S/C16H17NO5S/c1-12-7-9-13(10-8-12)23(20,21)17(11-16(18)19)14-5-3-4-6-15(14)22-2/h3-10H,11H2,1-2H3,(H,18,19). The van der Waals surface area contributed by atoms with Crippen LogP contribution in [0.1, 0.15) is 5.56 Å². The molecular formula is C16H17NO5S. The van der Waals surface area contributed by atoms with Crippen LogP contribution in [0.25, 0.3) is 0 Å². The van der Waals surface area contributed by atoms with E-state index in [1.165, 1.54) is 25.3 Å². The molecule has 0 bridgehead atoms. The molecule has 0 aliphatic rings. The molecule has 2 aromatic rings. The van der Waals surface area contributed by atoms with Crippen LogP contribution >= 0.6 is 0 Å². The molecule has 0 saturated heterocycles. The van der Waals surface area contributed by atoms with Crippen molar-refractivity contribution >= 4 is 21.7 Å². The Bertz CT molecular complexity index is 799. The number of nitrogens with zero attached hydrogens (tertiary/aromatic N) is 1. The van der Waals surface area contributed by atoms with E-state index in [1.54, 1.807) is 30.3 Å². The van der Waals surface area contributed by atoms with E-state index in [9.17, 15) is 13.2 Å². The van der Waals surface area contributed by atoms with Crippen LogP contribution in [0.4, 0.5) is 5.69 Å². The number of para-hydroxylation sites is 2. The second-order valence-electron chi connectivity index (χ2n) is 4.89. The van der Waals surface area contributed by atoms with E-state index in [-0.39, 0.29) is 16.3 Å². The minimum Gasteiger partial charge on any atom is -0.495 e. The average Bonchev–Trinajstić information content (AvgIpc) is 2.52. The predicted octanol–water partition coefficient (Wildman–Crippen LogP) is 2.28. The van der Waals surface area contributed by atoms with Gasteiger partial charge in [-0.05, 0) is 31.2 Å². The fourth-order valence-electron chi connectivity index (χ4n) is 2.10. The lowest BCUT2D eigenvalue weighted by atomic mass is 10.2. The van der Waals surface area contributed by atoms with Gasteiger partial charge >= 0.3 is 5.97 Å². The summed E-state index contributed by atoms with van der Waals surface area (Å²) in [7, 11) is -2.63. The van der Waals surface area contributed by atoms with Crippen molar-refractivity contribution < 1.29 is 23.1 Å². The number of rotatable bonds is 6. The van der Waals surface area contributed by atoms with E-state index in [0.717, 1.165) is 9.87 Å². The lowest BCUT2D eigenvalue weighted by Crippen LogP contribution is -2.36. The number of ether oxygens (including phenoxy) is 1. The Morgan fingerprint density at radius 3 is 2.30 bits per heavy atom. The first-order valence-electron chi connectivity index (χ1n) is 6.80. The first-order chi connectivity index (χ1) is 10.9. The Hall–Kier alpha value is -2.54. The number of aryl methyl sites for hydroxylation is 1. The predicted molar refractivity (Wildman–Crippen MR) is 86.3 cm³/mol. The molecule has 0 aliphatic heterocycles. The van der Waals surface area contributed by atoms with Crippen molar-refractivity contribution in [2.45, 2.75) is 11.8 Å². The molecule has 2 rings (SSSR count). The molecule has 0 aromatic heterocycles. The van der Waals surface area contributed by atoms with Gasteiger partial charge in [-0.15, -0.1) is 0 Å². The van der Waals surface area contributed by atoms with Crippen molar-refractivity contribution in [3.05, 3.63) is 54.1 Å². The van der Waals surface area contributed by atoms with Gasteiger partial charge in [0.1, 0.15) is 12.3 Å². The summed E-state index contributed by atoms with van der Waals surface area (Å²) in [6, 6.07) is 12.6. The number of benzene rings is 2. The van der Waals surface area contributed by atoms with Gasteiger partial charge in [-0.25, -0.2) is 8.42 Å². The van der Waals surface area contributed by atoms with Crippen LogP contribution in [0.15, 0.2) is 53.4 Å². The van der Waals surface area contributed by atoms with Crippen molar-refractivity contribution in [3.63, 3.8) is 0 Å². The van der Waals surface area contributed by atoms with Crippen molar-refractivity contribution in [3.8, 4) is 5.75 Å². The van der Waals surface area contributed by atoms with Crippen LogP contribution < -0.4 is 9.04 Å².